The average Bonchev–Trinajstić information content (AvgIpc) is 2.81. The van der Waals surface area contributed by atoms with E-state index in [0.29, 0.717) is 16.8 Å². The SMILES string of the molecule is Cc1cc(NC(=O)c2c3c(cn2C)S(=O)(=O)N[C@@H](C)C=C3)ccc1F. The number of aryl methyl sites for hydroxylation is 2. The summed E-state index contributed by atoms with van der Waals surface area (Å²) in [5.74, 6) is -0.830. The van der Waals surface area contributed by atoms with Crippen molar-refractivity contribution < 1.29 is 17.6 Å². The van der Waals surface area contributed by atoms with Gasteiger partial charge in [0.2, 0.25) is 10.0 Å². The van der Waals surface area contributed by atoms with E-state index >= 15 is 0 Å². The summed E-state index contributed by atoms with van der Waals surface area (Å²) in [4.78, 5) is 12.7. The summed E-state index contributed by atoms with van der Waals surface area (Å²) in [5.41, 5.74) is 1.39. The van der Waals surface area contributed by atoms with E-state index in [0.717, 1.165) is 0 Å². The Labute approximate surface area is 145 Å². The third-order valence-electron chi connectivity index (χ3n) is 4.00. The fourth-order valence-electron chi connectivity index (χ4n) is 2.78. The van der Waals surface area contributed by atoms with E-state index in [1.54, 1.807) is 33.0 Å². The summed E-state index contributed by atoms with van der Waals surface area (Å²) in [6, 6.07) is 3.87. The van der Waals surface area contributed by atoms with Crippen LogP contribution in [0.4, 0.5) is 10.1 Å². The molecule has 0 saturated heterocycles. The van der Waals surface area contributed by atoms with Crippen molar-refractivity contribution in [2.24, 2.45) is 7.05 Å². The van der Waals surface area contributed by atoms with Crippen molar-refractivity contribution >= 4 is 27.7 Å². The fourth-order valence-corrected chi connectivity index (χ4v) is 4.22. The molecule has 1 aliphatic rings. The number of rotatable bonds is 2. The number of hydrogen-bond acceptors (Lipinski definition) is 3. The minimum atomic E-state index is -3.71. The number of aromatic nitrogens is 1. The second-order valence-corrected chi connectivity index (χ2v) is 7.74. The lowest BCUT2D eigenvalue weighted by Crippen LogP contribution is -2.30. The Balaban J connectivity index is 2.03. The zero-order valence-corrected chi connectivity index (χ0v) is 14.8. The number of nitrogens with zero attached hydrogens (tertiary/aromatic N) is 1. The molecule has 0 aliphatic carbocycles. The van der Waals surface area contributed by atoms with Crippen LogP contribution >= 0.6 is 0 Å². The molecule has 3 rings (SSSR count). The highest BCUT2D eigenvalue weighted by Crippen LogP contribution is 2.27. The van der Waals surface area contributed by atoms with E-state index in [1.807, 2.05) is 0 Å². The smallest absolute Gasteiger partial charge is 0.272 e. The molecule has 0 radical (unpaired) electrons. The number of halogens is 1. The molecule has 132 valence electrons. The molecule has 1 aromatic heterocycles. The minimum absolute atomic E-state index is 0.0519. The number of hydrogen-bond donors (Lipinski definition) is 2. The van der Waals surface area contributed by atoms with Gasteiger partial charge < -0.3 is 9.88 Å². The van der Waals surface area contributed by atoms with Gasteiger partial charge in [-0.2, -0.15) is 0 Å². The normalized spacial score (nSPS) is 18.5. The van der Waals surface area contributed by atoms with Crippen LogP contribution in [0.1, 0.15) is 28.5 Å². The first kappa shape index (κ1) is 17.4. The van der Waals surface area contributed by atoms with Crippen LogP contribution in [0.3, 0.4) is 0 Å². The van der Waals surface area contributed by atoms with E-state index in [-0.39, 0.29) is 22.4 Å². The average molecular weight is 363 g/mol. The number of carbonyl (C=O) groups excluding carboxylic acids is 1. The molecule has 6 nitrogen and oxygen atoms in total. The van der Waals surface area contributed by atoms with E-state index < -0.39 is 15.9 Å². The lowest BCUT2D eigenvalue weighted by molar-refractivity contribution is 0.101. The van der Waals surface area contributed by atoms with Gasteiger partial charge in [-0.05, 0) is 37.6 Å². The molecule has 1 atom stereocenters. The second kappa shape index (κ2) is 6.12. The fraction of sp³-hybridized carbons (Fsp3) is 0.235. The van der Waals surface area contributed by atoms with E-state index in [9.17, 15) is 17.6 Å². The number of sulfonamides is 1. The number of fused-ring (bicyclic) bond motifs is 1. The van der Waals surface area contributed by atoms with Gasteiger partial charge in [-0.1, -0.05) is 12.2 Å². The number of anilines is 1. The van der Waals surface area contributed by atoms with Gasteiger partial charge in [-0.25, -0.2) is 17.5 Å². The maximum atomic E-state index is 13.4. The van der Waals surface area contributed by atoms with Crippen LogP contribution in [0.2, 0.25) is 0 Å². The van der Waals surface area contributed by atoms with Crippen LogP contribution in [0, 0.1) is 12.7 Å². The Morgan fingerprint density at radius 2 is 2.08 bits per heavy atom. The summed E-state index contributed by atoms with van der Waals surface area (Å²) in [7, 11) is -2.11. The van der Waals surface area contributed by atoms with E-state index in [4.69, 9.17) is 0 Å². The molecule has 1 aromatic carbocycles. The Hall–Kier alpha value is -2.45. The van der Waals surface area contributed by atoms with Gasteiger partial charge in [-0.3, -0.25) is 4.79 Å². The quantitative estimate of drug-likeness (QED) is 0.860. The van der Waals surface area contributed by atoms with Gasteiger partial charge in [-0.15, -0.1) is 0 Å². The highest BCUT2D eigenvalue weighted by atomic mass is 32.2. The third kappa shape index (κ3) is 3.22. The van der Waals surface area contributed by atoms with Gasteiger partial charge in [0.25, 0.3) is 5.91 Å². The van der Waals surface area contributed by atoms with Crippen molar-refractivity contribution in [3.63, 3.8) is 0 Å². The zero-order chi connectivity index (χ0) is 18.4. The van der Waals surface area contributed by atoms with Crippen LogP contribution in [0.5, 0.6) is 0 Å². The molecule has 2 N–H and O–H groups in total. The maximum Gasteiger partial charge on any atom is 0.272 e. The maximum absolute atomic E-state index is 13.4. The lowest BCUT2D eigenvalue weighted by atomic mass is 10.1. The molecule has 0 fully saturated rings. The molecular formula is C17H18FN3O3S. The van der Waals surface area contributed by atoms with Gasteiger partial charge in [0, 0.05) is 30.5 Å². The van der Waals surface area contributed by atoms with Crippen LogP contribution in [0.15, 0.2) is 35.4 Å². The van der Waals surface area contributed by atoms with Crippen molar-refractivity contribution in [2.75, 3.05) is 5.32 Å². The van der Waals surface area contributed by atoms with E-state index in [2.05, 4.69) is 10.0 Å². The number of benzene rings is 1. The summed E-state index contributed by atoms with van der Waals surface area (Å²) in [6.07, 6.45) is 4.72. The molecule has 1 aliphatic heterocycles. The summed E-state index contributed by atoms with van der Waals surface area (Å²) in [6.45, 7) is 3.31. The summed E-state index contributed by atoms with van der Waals surface area (Å²) in [5, 5.41) is 2.69. The highest BCUT2D eigenvalue weighted by Gasteiger charge is 2.29. The van der Waals surface area contributed by atoms with Crippen LogP contribution < -0.4 is 10.0 Å². The molecule has 8 heteroatoms. The van der Waals surface area contributed by atoms with Gasteiger partial charge >= 0.3 is 0 Å². The Morgan fingerprint density at radius 3 is 2.76 bits per heavy atom. The van der Waals surface area contributed by atoms with Crippen LogP contribution in [-0.2, 0) is 17.1 Å². The largest absolute Gasteiger partial charge is 0.345 e. The molecular weight excluding hydrogens is 345 g/mol. The molecule has 1 amide bonds. The molecule has 25 heavy (non-hydrogen) atoms. The standard InChI is InChI=1S/C17H18FN3O3S/c1-10-8-12(5-7-14(10)18)19-17(22)16-13-6-4-11(2)20-25(23,24)15(13)9-21(16)3/h4-9,11,20H,1-3H3,(H,19,22)/t11-/m0/s1. The topological polar surface area (TPSA) is 80.2 Å². The first-order valence-corrected chi connectivity index (χ1v) is 9.14. The number of amides is 1. The van der Waals surface area contributed by atoms with Crippen molar-refractivity contribution in [3.8, 4) is 0 Å². The van der Waals surface area contributed by atoms with Crippen molar-refractivity contribution in [2.45, 2.75) is 24.8 Å². The van der Waals surface area contributed by atoms with Gasteiger partial charge in [0.05, 0.1) is 0 Å². The molecule has 0 bridgehead atoms. The Kier molecular flexibility index (Phi) is 4.26. The number of carbonyl (C=O) groups is 1. The van der Waals surface area contributed by atoms with Gasteiger partial charge in [0.1, 0.15) is 16.4 Å². The van der Waals surface area contributed by atoms with Gasteiger partial charge in [0.15, 0.2) is 0 Å². The van der Waals surface area contributed by atoms with Crippen molar-refractivity contribution in [3.05, 3.63) is 53.1 Å². The number of nitrogens with one attached hydrogen (secondary N) is 2. The van der Waals surface area contributed by atoms with Crippen LogP contribution in [0.25, 0.3) is 6.08 Å². The van der Waals surface area contributed by atoms with Crippen molar-refractivity contribution in [1.82, 2.24) is 9.29 Å². The highest BCUT2D eigenvalue weighted by molar-refractivity contribution is 7.89. The van der Waals surface area contributed by atoms with E-state index in [1.165, 1.54) is 29.0 Å². The predicted molar refractivity (Wildman–Crippen MR) is 93.3 cm³/mol. The lowest BCUT2D eigenvalue weighted by Gasteiger charge is -2.08. The first-order valence-electron chi connectivity index (χ1n) is 7.66. The first-order chi connectivity index (χ1) is 11.7. The molecule has 2 aromatic rings. The van der Waals surface area contributed by atoms with Crippen LogP contribution in [-0.4, -0.2) is 24.9 Å². The summed E-state index contributed by atoms with van der Waals surface area (Å²) >= 11 is 0. The van der Waals surface area contributed by atoms with Crippen molar-refractivity contribution in [1.29, 1.82) is 0 Å². The summed E-state index contributed by atoms with van der Waals surface area (Å²) < 4.78 is 42.1. The second-order valence-electron chi connectivity index (χ2n) is 6.05. The predicted octanol–water partition coefficient (Wildman–Crippen LogP) is 2.42. The zero-order valence-electron chi connectivity index (χ0n) is 14.0. The minimum Gasteiger partial charge on any atom is -0.345 e. The molecule has 2 heterocycles. The molecule has 0 spiro atoms. The Morgan fingerprint density at radius 1 is 1.36 bits per heavy atom. The molecule has 0 unspecified atom stereocenters. The monoisotopic (exact) mass is 363 g/mol. The Bertz CT molecular complexity index is 993. The molecule has 0 saturated carbocycles. The third-order valence-corrected chi connectivity index (χ3v) is 5.58.